The molecule has 132 valence electrons. The van der Waals surface area contributed by atoms with Gasteiger partial charge in [-0.15, -0.1) is 0 Å². The summed E-state index contributed by atoms with van der Waals surface area (Å²) < 4.78 is 51.2. The summed E-state index contributed by atoms with van der Waals surface area (Å²) in [7, 11) is -3.71. The number of carbonyl (C=O) groups is 1. The van der Waals surface area contributed by atoms with E-state index in [9.17, 15) is 22.0 Å². The number of hydrogen-bond acceptors (Lipinski definition) is 5. The van der Waals surface area contributed by atoms with Crippen LogP contribution in [-0.2, 0) is 16.3 Å². The van der Waals surface area contributed by atoms with Crippen molar-refractivity contribution >= 4 is 21.4 Å². The van der Waals surface area contributed by atoms with Crippen LogP contribution in [0, 0.1) is 18.6 Å². The molecule has 0 atom stereocenters. The van der Waals surface area contributed by atoms with Crippen molar-refractivity contribution in [2.75, 3.05) is 17.7 Å². The maximum Gasteiger partial charge on any atom is 0.277 e. The molecule has 0 radical (unpaired) electrons. The van der Waals surface area contributed by atoms with E-state index < -0.39 is 32.5 Å². The molecule has 25 heavy (non-hydrogen) atoms. The van der Waals surface area contributed by atoms with Gasteiger partial charge in [-0.05, 0) is 37.0 Å². The molecule has 0 spiro atoms. The van der Waals surface area contributed by atoms with E-state index in [1.165, 1.54) is 12.3 Å². The van der Waals surface area contributed by atoms with Gasteiger partial charge < -0.3 is 4.90 Å². The molecule has 0 bridgehead atoms. The first-order valence-corrected chi connectivity index (χ1v) is 9.41. The summed E-state index contributed by atoms with van der Waals surface area (Å²) in [5.41, 5.74) is 0.608. The predicted molar refractivity (Wildman–Crippen MR) is 86.2 cm³/mol. The predicted octanol–water partition coefficient (Wildman–Crippen LogP) is 2.06. The molecule has 1 aliphatic heterocycles. The monoisotopic (exact) mass is 367 g/mol. The molecule has 6 nitrogen and oxygen atoms in total. The number of fused-ring (bicyclic) bond motifs is 1. The number of nitrogens with zero attached hydrogens (tertiary/aromatic N) is 3. The second-order valence-electron chi connectivity index (χ2n) is 5.89. The summed E-state index contributed by atoms with van der Waals surface area (Å²) in [5.74, 6) is -2.83. The quantitative estimate of drug-likeness (QED) is 0.759. The van der Waals surface area contributed by atoms with Crippen molar-refractivity contribution < 1.29 is 22.0 Å². The van der Waals surface area contributed by atoms with Crippen molar-refractivity contribution in [3.8, 4) is 0 Å². The van der Waals surface area contributed by atoms with Crippen LogP contribution in [0.15, 0.2) is 23.5 Å². The molecule has 1 aromatic heterocycles. The van der Waals surface area contributed by atoms with Crippen LogP contribution in [0.2, 0.25) is 0 Å². The second-order valence-corrected chi connectivity index (χ2v) is 7.80. The number of sulfone groups is 1. The molecule has 0 saturated heterocycles. The van der Waals surface area contributed by atoms with Crippen LogP contribution in [0.4, 0.5) is 14.5 Å². The van der Waals surface area contributed by atoms with E-state index in [1.54, 1.807) is 6.92 Å². The van der Waals surface area contributed by atoms with Crippen LogP contribution in [0.5, 0.6) is 0 Å². The lowest BCUT2D eigenvalue weighted by molar-refractivity contribution is 0.0977. The molecule has 1 aromatic carbocycles. The van der Waals surface area contributed by atoms with Crippen molar-refractivity contribution in [3.63, 3.8) is 0 Å². The molecule has 2 aromatic rings. The summed E-state index contributed by atoms with van der Waals surface area (Å²) in [4.78, 5) is 21.5. The number of benzene rings is 1. The van der Waals surface area contributed by atoms with Crippen molar-refractivity contribution in [3.05, 3.63) is 46.8 Å². The van der Waals surface area contributed by atoms with Gasteiger partial charge in [-0.2, -0.15) is 0 Å². The molecule has 0 aliphatic carbocycles. The topological polar surface area (TPSA) is 80.2 Å². The lowest BCUT2D eigenvalue weighted by atomic mass is 10.0. The van der Waals surface area contributed by atoms with E-state index >= 15 is 0 Å². The van der Waals surface area contributed by atoms with E-state index in [1.807, 2.05) is 0 Å². The van der Waals surface area contributed by atoms with Crippen LogP contribution in [0.1, 0.15) is 28.0 Å². The van der Waals surface area contributed by atoms with Crippen LogP contribution in [0.3, 0.4) is 0 Å². The normalized spacial score (nSPS) is 14.3. The average molecular weight is 367 g/mol. The third-order valence-corrected chi connectivity index (χ3v) is 4.84. The zero-order chi connectivity index (χ0) is 18.4. The molecule has 0 saturated carbocycles. The third-order valence-electron chi connectivity index (χ3n) is 3.98. The maximum atomic E-state index is 14.3. The van der Waals surface area contributed by atoms with Crippen molar-refractivity contribution in [2.24, 2.45) is 0 Å². The lowest BCUT2D eigenvalue weighted by Gasteiger charge is -2.30. The second kappa shape index (κ2) is 6.14. The molecule has 9 heteroatoms. The fraction of sp³-hybridized carbons (Fsp3) is 0.312. The van der Waals surface area contributed by atoms with Gasteiger partial charge in [0.1, 0.15) is 5.69 Å². The van der Waals surface area contributed by atoms with Gasteiger partial charge in [-0.3, -0.25) is 4.79 Å². The Morgan fingerprint density at radius 2 is 2.00 bits per heavy atom. The van der Waals surface area contributed by atoms with E-state index in [0.29, 0.717) is 24.0 Å². The van der Waals surface area contributed by atoms with Gasteiger partial charge in [0, 0.05) is 19.0 Å². The number of hydrogen-bond donors (Lipinski definition) is 0. The van der Waals surface area contributed by atoms with Gasteiger partial charge in [0.05, 0.1) is 5.69 Å². The Hall–Kier alpha value is -2.42. The fourth-order valence-electron chi connectivity index (χ4n) is 2.76. The Morgan fingerprint density at radius 3 is 2.68 bits per heavy atom. The molecule has 0 N–H and O–H groups in total. The van der Waals surface area contributed by atoms with Crippen LogP contribution < -0.4 is 4.90 Å². The Labute approximate surface area is 143 Å². The lowest BCUT2D eigenvalue weighted by Crippen LogP contribution is -2.37. The summed E-state index contributed by atoms with van der Waals surface area (Å²) in [6.07, 6.45) is 3.25. The molecule has 0 unspecified atom stereocenters. The molecule has 0 fully saturated rings. The minimum Gasteiger partial charge on any atom is -0.304 e. The van der Waals surface area contributed by atoms with E-state index in [0.717, 1.165) is 17.2 Å². The number of carbonyl (C=O) groups excluding carboxylic acids is 1. The first-order valence-electron chi connectivity index (χ1n) is 7.52. The van der Waals surface area contributed by atoms with E-state index in [-0.39, 0.29) is 17.9 Å². The van der Waals surface area contributed by atoms with E-state index in [2.05, 4.69) is 9.97 Å². The highest BCUT2D eigenvalue weighted by Gasteiger charge is 2.30. The number of halogens is 2. The van der Waals surface area contributed by atoms with E-state index in [4.69, 9.17) is 0 Å². The third kappa shape index (κ3) is 3.11. The summed E-state index contributed by atoms with van der Waals surface area (Å²) in [5, 5.41) is -0.488. The molecule has 1 amide bonds. The maximum absolute atomic E-state index is 14.3. The minimum atomic E-state index is -3.71. The standard InChI is InChI=1S/C16H15F2N3O3S/c1-9-8-19-16(25(2,23)24)20-13(9)15(22)21-7-3-4-10-5-6-11(17)12(18)14(10)21/h5-6,8H,3-4,7H2,1-2H3. The molecule has 1 aliphatic rings. The number of anilines is 1. The van der Waals surface area contributed by atoms with Gasteiger partial charge in [0.25, 0.3) is 5.91 Å². The first kappa shape index (κ1) is 17.4. The number of aromatic nitrogens is 2. The van der Waals surface area contributed by atoms with Gasteiger partial charge >= 0.3 is 0 Å². The Bertz CT molecular complexity index is 977. The first-order chi connectivity index (χ1) is 11.7. The van der Waals surface area contributed by atoms with Crippen molar-refractivity contribution in [1.82, 2.24) is 9.97 Å². The summed E-state index contributed by atoms with van der Waals surface area (Å²) in [6, 6.07) is 2.47. The molecule has 2 heterocycles. The largest absolute Gasteiger partial charge is 0.304 e. The molecular weight excluding hydrogens is 352 g/mol. The molecule has 3 rings (SSSR count). The molecular formula is C16H15F2N3O3S. The van der Waals surface area contributed by atoms with Gasteiger partial charge in [0.2, 0.25) is 15.0 Å². The van der Waals surface area contributed by atoms with Gasteiger partial charge in [-0.25, -0.2) is 27.2 Å². The van der Waals surface area contributed by atoms with Crippen LogP contribution >= 0.6 is 0 Å². The Balaban J connectivity index is 2.12. The Morgan fingerprint density at radius 1 is 1.28 bits per heavy atom. The minimum absolute atomic E-state index is 0.116. The number of aryl methyl sites for hydroxylation is 2. The van der Waals surface area contributed by atoms with Gasteiger partial charge in [0.15, 0.2) is 11.6 Å². The van der Waals surface area contributed by atoms with Crippen LogP contribution in [-0.4, -0.2) is 37.1 Å². The van der Waals surface area contributed by atoms with Crippen molar-refractivity contribution in [1.29, 1.82) is 0 Å². The SMILES string of the molecule is Cc1cnc(S(C)(=O)=O)nc1C(=O)N1CCCc2ccc(F)c(F)c21. The Kier molecular flexibility index (Phi) is 4.28. The van der Waals surface area contributed by atoms with Gasteiger partial charge in [-0.1, -0.05) is 6.07 Å². The summed E-state index contributed by atoms with van der Waals surface area (Å²) in [6.45, 7) is 1.73. The zero-order valence-electron chi connectivity index (χ0n) is 13.6. The van der Waals surface area contributed by atoms with Crippen LogP contribution in [0.25, 0.3) is 0 Å². The highest BCUT2D eigenvalue weighted by molar-refractivity contribution is 7.90. The highest BCUT2D eigenvalue weighted by Crippen LogP contribution is 2.32. The average Bonchev–Trinajstić information content (AvgIpc) is 2.56. The van der Waals surface area contributed by atoms with Crippen molar-refractivity contribution in [2.45, 2.75) is 24.9 Å². The number of rotatable bonds is 2. The smallest absolute Gasteiger partial charge is 0.277 e. The summed E-state index contributed by atoms with van der Waals surface area (Å²) >= 11 is 0. The fourth-order valence-corrected chi connectivity index (χ4v) is 3.27. The highest BCUT2D eigenvalue weighted by atomic mass is 32.2. The zero-order valence-corrected chi connectivity index (χ0v) is 14.4. The number of amides is 1.